The van der Waals surface area contributed by atoms with Crippen LogP contribution in [0.2, 0.25) is 0 Å². The summed E-state index contributed by atoms with van der Waals surface area (Å²) >= 11 is 0. The summed E-state index contributed by atoms with van der Waals surface area (Å²) < 4.78 is 47.8. The van der Waals surface area contributed by atoms with Gasteiger partial charge in [-0.05, 0) is 17.0 Å². The molecule has 3 N–H and O–H groups in total. The molecule has 0 saturated heterocycles. The molecule has 0 fully saturated rings. The first-order valence-corrected chi connectivity index (χ1v) is 10.7. The second kappa shape index (κ2) is 8.98. The van der Waals surface area contributed by atoms with Crippen molar-refractivity contribution in [2.45, 2.75) is 25.8 Å². The summed E-state index contributed by atoms with van der Waals surface area (Å²) in [5, 5.41) is 0. The minimum absolute atomic E-state index is 0. The fourth-order valence-electron chi connectivity index (χ4n) is 1.80. The van der Waals surface area contributed by atoms with Crippen LogP contribution in [0.4, 0.5) is 0 Å². The zero-order valence-electron chi connectivity index (χ0n) is 13.5. The third-order valence-electron chi connectivity index (χ3n) is 3.28. The minimum Gasteiger partial charge on any atom is -0.323 e. The van der Waals surface area contributed by atoms with E-state index >= 15 is 0 Å². The molecule has 1 aromatic rings. The lowest BCUT2D eigenvalue weighted by molar-refractivity contribution is 0.571. The summed E-state index contributed by atoms with van der Waals surface area (Å²) in [7, 11) is -6.96. The first kappa shape index (κ1) is 22.3. The quantitative estimate of drug-likeness (QED) is 0.700. The monoisotopic (exact) mass is 384 g/mol. The molecule has 1 aromatic carbocycles. The zero-order valence-corrected chi connectivity index (χ0v) is 16.0. The van der Waals surface area contributed by atoms with Gasteiger partial charge in [0.1, 0.15) is 9.84 Å². The number of nitrogens with two attached hydrogens (primary N) is 1. The van der Waals surface area contributed by atoms with Crippen LogP contribution in [-0.4, -0.2) is 41.1 Å². The summed E-state index contributed by atoms with van der Waals surface area (Å²) in [6.45, 7) is 4.21. The molecular formula is C14H25ClN2O4S2. The van der Waals surface area contributed by atoms with Crippen molar-refractivity contribution in [2.75, 3.05) is 24.3 Å². The van der Waals surface area contributed by atoms with E-state index in [-0.39, 0.29) is 19.0 Å². The van der Waals surface area contributed by atoms with Crippen LogP contribution in [0.3, 0.4) is 0 Å². The molecule has 9 heteroatoms. The predicted octanol–water partition coefficient (Wildman–Crippen LogP) is 1.20. The number of nitrogens with one attached hydrogen (secondary N) is 1. The first-order chi connectivity index (χ1) is 10.0. The Labute approximate surface area is 145 Å². The smallest absolute Gasteiger partial charge is 0.212 e. The second-order valence-electron chi connectivity index (χ2n) is 5.73. The van der Waals surface area contributed by atoms with E-state index in [1.54, 1.807) is 0 Å². The molecule has 0 bridgehead atoms. The molecule has 0 aliphatic heterocycles. The van der Waals surface area contributed by atoms with E-state index in [1.165, 1.54) is 5.56 Å². The van der Waals surface area contributed by atoms with Gasteiger partial charge in [-0.15, -0.1) is 12.4 Å². The summed E-state index contributed by atoms with van der Waals surface area (Å²) in [4.78, 5) is 0. The van der Waals surface area contributed by atoms with Crippen molar-refractivity contribution in [3.63, 3.8) is 0 Å². The fourth-order valence-corrected chi connectivity index (χ4v) is 4.46. The summed E-state index contributed by atoms with van der Waals surface area (Å²) in [6.07, 6.45) is 1.00. The molecule has 0 amide bonds. The van der Waals surface area contributed by atoms with Crippen LogP contribution in [-0.2, 0) is 19.9 Å². The Morgan fingerprint density at radius 1 is 1.00 bits per heavy atom. The maximum absolute atomic E-state index is 11.7. The highest BCUT2D eigenvalue weighted by Gasteiger charge is 2.16. The Morgan fingerprint density at radius 3 is 1.91 bits per heavy atom. The molecule has 6 nitrogen and oxygen atoms in total. The Bertz CT molecular complexity index is 686. The highest BCUT2D eigenvalue weighted by molar-refractivity contribution is 7.93. The molecule has 0 heterocycles. The molecule has 1 atom stereocenters. The zero-order chi connectivity index (χ0) is 17.0. The van der Waals surface area contributed by atoms with Crippen LogP contribution in [0.25, 0.3) is 0 Å². The third kappa shape index (κ3) is 8.66. The summed E-state index contributed by atoms with van der Waals surface area (Å²) in [6, 6.07) is 7.22. The minimum atomic E-state index is -3.65. The number of sulfonamides is 1. The molecule has 0 spiro atoms. The van der Waals surface area contributed by atoms with Crippen LogP contribution in [0.1, 0.15) is 36.9 Å². The van der Waals surface area contributed by atoms with Gasteiger partial charge in [0.2, 0.25) is 10.0 Å². The maximum Gasteiger partial charge on any atom is 0.212 e. The predicted molar refractivity (Wildman–Crippen MR) is 96.2 cm³/mol. The molecule has 1 rings (SSSR count). The number of hydrogen-bond acceptors (Lipinski definition) is 5. The standard InChI is InChI=1S/C14H24N2O4S2.ClH/c1-11(2)12-4-6-13(7-5-12)14(15)10-16-22(19,20)9-8-21(3,17)18;/h4-7,11,14,16H,8-10,15H2,1-3H3;1H. The van der Waals surface area contributed by atoms with Crippen molar-refractivity contribution >= 4 is 32.3 Å². The van der Waals surface area contributed by atoms with Gasteiger partial charge in [-0.25, -0.2) is 21.6 Å². The number of halogens is 1. The molecule has 0 aliphatic rings. The van der Waals surface area contributed by atoms with Crippen molar-refractivity contribution in [1.29, 1.82) is 0 Å². The van der Waals surface area contributed by atoms with E-state index in [9.17, 15) is 16.8 Å². The lowest BCUT2D eigenvalue weighted by Crippen LogP contribution is -2.35. The van der Waals surface area contributed by atoms with E-state index in [4.69, 9.17) is 5.73 Å². The van der Waals surface area contributed by atoms with Crippen LogP contribution < -0.4 is 10.5 Å². The van der Waals surface area contributed by atoms with Crippen molar-refractivity contribution < 1.29 is 16.8 Å². The van der Waals surface area contributed by atoms with Gasteiger partial charge in [0, 0.05) is 18.8 Å². The van der Waals surface area contributed by atoms with E-state index in [0.717, 1.165) is 11.8 Å². The number of rotatable bonds is 8. The molecule has 0 aliphatic carbocycles. The average Bonchev–Trinajstić information content (AvgIpc) is 2.42. The van der Waals surface area contributed by atoms with Gasteiger partial charge in [-0.1, -0.05) is 38.1 Å². The van der Waals surface area contributed by atoms with E-state index in [1.807, 2.05) is 24.3 Å². The van der Waals surface area contributed by atoms with Gasteiger partial charge in [-0.3, -0.25) is 0 Å². The highest BCUT2D eigenvalue weighted by Crippen LogP contribution is 2.17. The summed E-state index contributed by atoms with van der Waals surface area (Å²) in [5.41, 5.74) is 7.98. The molecule has 23 heavy (non-hydrogen) atoms. The van der Waals surface area contributed by atoms with Crippen LogP contribution in [0, 0.1) is 0 Å². The topological polar surface area (TPSA) is 106 Å². The maximum atomic E-state index is 11.7. The number of sulfone groups is 1. The van der Waals surface area contributed by atoms with E-state index < -0.39 is 37.4 Å². The van der Waals surface area contributed by atoms with E-state index in [0.29, 0.717) is 5.92 Å². The fraction of sp³-hybridized carbons (Fsp3) is 0.571. The van der Waals surface area contributed by atoms with Crippen LogP contribution >= 0.6 is 12.4 Å². The van der Waals surface area contributed by atoms with Gasteiger partial charge in [0.05, 0.1) is 11.5 Å². The van der Waals surface area contributed by atoms with Crippen molar-refractivity contribution in [3.05, 3.63) is 35.4 Å². The van der Waals surface area contributed by atoms with Gasteiger partial charge in [0.15, 0.2) is 0 Å². The molecule has 134 valence electrons. The highest BCUT2D eigenvalue weighted by atomic mass is 35.5. The van der Waals surface area contributed by atoms with Crippen molar-refractivity contribution in [1.82, 2.24) is 4.72 Å². The Balaban J connectivity index is 0.00000484. The van der Waals surface area contributed by atoms with Crippen molar-refractivity contribution in [2.24, 2.45) is 5.73 Å². The lowest BCUT2D eigenvalue weighted by Gasteiger charge is -2.14. The Morgan fingerprint density at radius 2 is 1.48 bits per heavy atom. The second-order valence-corrected chi connectivity index (χ2v) is 9.91. The van der Waals surface area contributed by atoms with Gasteiger partial charge >= 0.3 is 0 Å². The summed E-state index contributed by atoms with van der Waals surface area (Å²) in [5.74, 6) is -0.439. The Hall–Kier alpha value is -0.670. The van der Waals surface area contributed by atoms with Gasteiger partial charge < -0.3 is 5.73 Å². The van der Waals surface area contributed by atoms with E-state index in [2.05, 4.69) is 18.6 Å². The third-order valence-corrected chi connectivity index (χ3v) is 5.83. The van der Waals surface area contributed by atoms with Gasteiger partial charge in [-0.2, -0.15) is 0 Å². The molecule has 0 radical (unpaired) electrons. The van der Waals surface area contributed by atoms with Crippen LogP contribution in [0.15, 0.2) is 24.3 Å². The lowest BCUT2D eigenvalue weighted by atomic mass is 9.99. The molecular weight excluding hydrogens is 360 g/mol. The van der Waals surface area contributed by atoms with Crippen LogP contribution in [0.5, 0.6) is 0 Å². The normalized spacial score (nSPS) is 13.6. The largest absolute Gasteiger partial charge is 0.323 e. The SMILES string of the molecule is CC(C)c1ccc(C(N)CNS(=O)(=O)CCS(C)(=O)=O)cc1.Cl. The molecule has 1 unspecified atom stereocenters. The van der Waals surface area contributed by atoms with Crippen molar-refractivity contribution in [3.8, 4) is 0 Å². The average molecular weight is 385 g/mol. The molecule has 0 saturated carbocycles. The Kier molecular flexibility index (Phi) is 8.72. The molecule has 0 aromatic heterocycles. The number of benzene rings is 1. The first-order valence-electron chi connectivity index (χ1n) is 7.00. The number of hydrogen-bond donors (Lipinski definition) is 2. The van der Waals surface area contributed by atoms with Gasteiger partial charge in [0.25, 0.3) is 0 Å².